The molecule has 0 N–H and O–H groups in total. The summed E-state index contributed by atoms with van der Waals surface area (Å²) >= 11 is 5.86. The van der Waals surface area contributed by atoms with Gasteiger partial charge in [0.25, 0.3) is 0 Å². The Labute approximate surface area is 151 Å². The molecule has 118 valence electrons. The zero-order chi connectivity index (χ0) is 16.7. The van der Waals surface area contributed by atoms with Gasteiger partial charge in [0, 0.05) is 16.6 Å². The molecule has 0 atom stereocenters. The van der Waals surface area contributed by atoms with E-state index in [0.29, 0.717) is 0 Å². The first-order chi connectivity index (χ1) is 10.5. The summed E-state index contributed by atoms with van der Waals surface area (Å²) in [5.74, 6) is 0.865. The Morgan fingerprint density at radius 3 is 2.50 bits per heavy atom. The minimum atomic E-state index is 0.250. The first kappa shape index (κ1) is 18.9. The molecule has 5 nitrogen and oxygen atoms in total. The summed E-state index contributed by atoms with van der Waals surface area (Å²) in [6.07, 6.45) is 1.19. The van der Waals surface area contributed by atoms with E-state index in [0.717, 1.165) is 40.1 Å². The Morgan fingerprint density at radius 1 is 1.36 bits per heavy atom. The maximum atomic E-state index is 8.12. The fraction of sp³-hybridized carbons (Fsp3) is 0.333. The summed E-state index contributed by atoms with van der Waals surface area (Å²) in [5, 5.41) is 4.66. The summed E-state index contributed by atoms with van der Waals surface area (Å²) in [5.41, 5.74) is 3.37. The summed E-state index contributed by atoms with van der Waals surface area (Å²) in [6.45, 7) is 5.09. The molecule has 22 heavy (non-hydrogen) atoms. The second-order valence-corrected chi connectivity index (χ2v) is 6.20. The van der Waals surface area contributed by atoms with Crippen LogP contribution in [0.1, 0.15) is 19.5 Å². The van der Waals surface area contributed by atoms with Crippen molar-refractivity contribution in [2.45, 2.75) is 26.8 Å². The molecule has 1 aromatic carbocycles. The van der Waals surface area contributed by atoms with Gasteiger partial charge in [0.15, 0.2) is 0 Å². The average Bonchev–Trinajstić information content (AvgIpc) is 2.84. The van der Waals surface area contributed by atoms with Gasteiger partial charge in [-0.15, -0.1) is 0 Å². The van der Waals surface area contributed by atoms with Crippen molar-refractivity contribution in [2.75, 3.05) is 7.11 Å². The molecule has 0 spiro atoms. The molecule has 0 aliphatic rings. The van der Waals surface area contributed by atoms with Gasteiger partial charge in [-0.05, 0) is 54.1 Å². The predicted molar refractivity (Wildman–Crippen MR) is 94.7 cm³/mol. The Balaban J connectivity index is 0.000000745. The fourth-order valence-electron chi connectivity index (χ4n) is 2.06. The largest absolute Gasteiger partial charge is 0.496 e. The second-order valence-electron chi connectivity index (χ2n) is 4.21. The molecule has 0 saturated heterocycles. The Morgan fingerprint density at radius 2 is 2.00 bits per heavy atom. The molecule has 0 amide bonds. The van der Waals surface area contributed by atoms with Crippen LogP contribution >= 0.6 is 38.5 Å². The number of aromatic nitrogens is 2. The van der Waals surface area contributed by atoms with Crippen LogP contribution < -0.4 is 4.74 Å². The van der Waals surface area contributed by atoms with Crippen LogP contribution in [0, 0.1) is 3.57 Å². The van der Waals surface area contributed by atoms with Crippen molar-refractivity contribution in [3.05, 3.63) is 31.9 Å². The van der Waals surface area contributed by atoms with Crippen LogP contribution in [0.2, 0.25) is 0 Å². The van der Waals surface area contributed by atoms with Gasteiger partial charge < -0.3 is 4.74 Å². The van der Waals surface area contributed by atoms with Crippen LogP contribution in [0.15, 0.2) is 22.7 Å². The summed E-state index contributed by atoms with van der Waals surface area (Å²) in [7, 11) is 1.70. The summed E-state index contributed by atoms with van der Waals surface area (Å²) < 4.78 is 9.78. The minimum Gasteiger partial charge on any atom is -0.496 e. The lowest BCUT2D eigenvalue weighted by Crippen LogP contribution is -2.01. The maximum Gasteiger partial charge on any atom is 0.373 e. The van der Waals surface area contributed by atoms with Crippen LogP contribution in [0.3, 0.4) is 0 Å². The zero-order valence-electron chi connectivity index (χ0n) is 12.5. The van der Waals surface area contributed by atoms with Crippen LogP contribution in [0.4, 0.5) is 0 Å². The van der Waals surface area contributed by atoms with Gasteiger partial charge in [-0.3, -0.25) is 4.68 Å². The fourth-order valence-corrected chi connectivity index (χ4v) is 3.46. The normalized spacial score (nSPS) is 9.68. The third-order valence-corrected chi connectivity index (χ3v) is 4.64. The number of rotatable bonds is 4. The molecule has 1 heterocycles. The van der Waals surface area contributed by atoms with Gasteiger partial charge >= 0.3 is 6.15 Å². The highest BCUT2D eigenvalue weighted by Crippen LogP contribution is 2.36. The van der Waals surface area contributed by atoms with Crippen LogP contribution in [0.25, 0.3) is 11.3 Å². The average molecular weight is 479 g/mol. The molecule has 0 radical (unpaired) electrons. The van der Waals surface area contributed by atoms with Crippen molar-refractivity contribution < 1.29 is 14.3 Å². The molecule has 0 unspecified atom stereocenters. The van der Waals surface area contributed by atoms with E-state index < -0.39 is 0 Å². The highest BCUT2D eigenvalue weighted by molar-refractivity contribution is 14.1. The number of nitrogens with zero attached hydrogens (tertiary/aromatic N) is 2. The molecule has 7 heteroatoms. The summed E-state index contributed by atoms with van der Waals surface area (Å²) in [6, 6.07) is 6.10. The van der Waals surface area contributed by atoms with E-state index in [2.05, 4.69) is 63.5 Å². The second kappa shape index (κ2) is 9.07. The van der Waals surface area contributed by atoms with Crippen molar-refractivity contribution >= 4 is 44.7 Å². The molecule has 2 aromatic rings. The topological polar surface area (TPSA) is 61.2 Å². The van der Waals surface area contributed by atoms with E-state index in [4.69, 9.17) is 14.3 Å². The lowest BCUT2D eigenvalue weighted by molar-refractivity contribution is -0.191. The van der Waals surface area contributed by atoms with Gasteiger partial charge in [0.05, 0.1) is 22.1 Å². The Hall–Kier alpha value is -1.18. The van der Waals surface area contributed by atoms with Gasteiger partial charge in [-0.2, -0.15) is 14.7 Å². The van der Waals surface area contributed by atoms with E-state index in [9.17, 15) is 0 Å². The number of halogens is 2. The molecular formula is C15H16BrIN2O3. The molecule has 1 aromatic heterocycles. The predicted octanol–water partition coefficient (Wildman–Crippen LogP) is 3.92. The van der Waals surface area contributed by atoms with Crippen molar-refractivity contribution in [1.29, 1.82) is 0 Å². The molecule has 2 rings (SSSR count). The van der Waals surface area contributed by atoms with Crippen molar-refractivity contribution in [1.82, 2.24) is 9.78 Å². The number of carbonyl (C=O) groups excluding carboxylic acids is 2. The number of ether oxygens (including phenoxy) is 1. The molecule has 0 aliphatic heterocycles. The quantitative estimate of drug-likeness (QED) is 0.625. The highest BCUT2D eigenvalue weighted by Gasteiger charge is 2.18. The van der Waals surface area contributed by atoms with Crippen LogP contribution in [0.5, 0.6) is 5.75 Å². The monoisotopic (exact) mass is 478 g/mol. The number of hydrogen-bond donors (Lipinski definition) is 0. The smallest absolute Gasteiger partial charge is 0.373 e. The van der Waals surface area contributed by atoms with Crippen molar-refractivity contribution in [3.8, 4) is 17.0 Å². The first-order valence-corrected chi connectivity index (χ1v) is 8.49. The lowest BCUT2D eigenvalue weighted by Gasteiger charge is -2.11. The van der Waals surface area contributed by atoms with Crippen LogP contribution in [-0.4, -0.2) is 23.0 Å². The number of hydrogen-bond acceptors (Lipinski definition) is 4. The number of methoxy groups -OCH3 is 1. The molecule has 0 aliphatic carbocycles. The highest BCUT2D eigenvalue weighted by atomic mass is 127. The Kier molecular flexibility index (Phi) is 7.78. The van der Waals surface area contributed by atoms with Gasteiger partial charge in [0.2, 0.25) is 0 Å². The molecule has 0 bridgehead atoms. The number of benzene rings is 1. The molecule has 0 saturated carbocycles. The van der Waals surface area contributed by atoms with Crippen molar-refractivity contribution in [3.63, 3.8) is 0 Å². The van der Waals surface area contributed by atoms with E-state index in [1.54, 1.807) is 7.11 Å². The third-order valence-electron chi connectivity index (χ3n) is 3.01. The van der Waals surface area contributed by atoms with E-state index in [1.165, 1.54) is 3.57 Å². The zero-order valence-corrected chi connectivity index (χ0v) is 16.3. The van der Waals surface area contributed by atoms with Gasteiger partial charge in [0.1, 0.15) is 5.75 Å². The van der Waals surface area contributed by atoms with Crippen LogP contribution in [-0.2, 0) is 22.6 Å². The standard InChI is InChI=1S/C14H16BrIN2O.CO2/c1-4-11-13(16)14(18(5-2)17-11)10-7-6-9(15)8-12(10)19-3;2-1-3/h6-8H,4-5H2,1-3H3;. The third kappa shape index (κ3) is 4.18. The van der Waals surface area contributed by atoms with E-state index >= 15 is 0 Å². The van der Waals surface area contributed by atoms with Gasteiger partial charge in [-0.25, -0.2) is 0 Å². The van der Waals surface area contributed by atoms with E-state index in [-0.39, 0.29) is 6.15 Å². The number of aryl methyl sites for hydroxylation is 2. The van der Waals surface area contributed by atoms with Gasteiger partial charge in [-0.1, -0.05) is 22.9 Å². The van der Waals surface area contributed by atoms with Crippen molar-refractivity contribution in [2.24, 2.45) is 0 Å². The van der Waals surface area contributed by atoms with E-state index in [1.807, 2.05) is 16.8 Å². The lowest BCUT2D eigenvalue weighted by atomic mass is 10.1. The maximum absolute atomic E-state index is 8.12. The first-order valence-electron chi connectivity index (χ1n) is 6.62. The molecular weight excluding hydrogens is 463 g/mol. The Bertz CT molecular complexity index is 680. The minimum absolute atomic E-state index is 0.250. The summed E-state index contributed by atoms with van der Waals surface area (Å²) in [4.78, 5) is 16.2. The molecule has 0 fully saturated rings. The SMILES string of the molecule is CCc1nn(CC)c(-c2ccc(Br)cc2OC)c1I.O=C=O.